The van der Waals surface area contributed by atoms with E-state index in [2.05, 4.69) is 11.9 Å². The number of rotatable bonds is 8. The molecule has 0 aromatic heterocycles. The zero-order valence-electron chi connectivity index (χ0n) is 11.0. The van der Waals surface area contributed by atoms with E-state index >= 15 is 0 Å². The SMILES string of the molecule is C=CCOC(=O)NCCOc1cccc(CC(=O)O)c1. The summed E-state index contributed by atoms with van der Waals surface area (Å²) in [5.74, 6) is -0.334. The Bertz CT molecular complexity index is 472. The lowest BCUT2D eigenvalue weighted by atomic mass is 10.1. The van der Waals surface area contributed by atoms with E-state index in [1.165, 1.54) is 6.08 Å². The standard InChI is InChI=1S/C14H17NO5/c1-2-7-20-14(18)15-6-8-19-12-5-3-4-11(9-12)10-13(16)17/h2-5,9H,1,6-8,10H2,(H,15,18)(H,16,17). The first kappa shape index (κ1) is 15.6. The van der Waals surface area contributed by atoms with Gasteiger partial charge in [-0.15, -0.1) is 0 Å². The van der Waals surface area contributed by atoms with Gasteiger partial charge in [-0.05, 0) is 17.7 Å². The van der Waals surface area contributed by atoms with Crippen LogP contribution in [-0.2, 0) is 16.0 Å². The molecular weight excluding hydrogens is 262 g/mol. The monoisotopic (exact) mass is 279 g/mol. The van der Waals surface area contributed by atoms with E-state index < -0.39 is 12.1 Å². The van der Waals surface area contributed by atoms with E-state index in [-0.39, 0.29) is 19.6 Å². The summed E-state index contributed by atoms with van der Waals surface area (Å²) in [6.45, 7) is 4.14. The average Bonchev–Trinajstić information content (AvgIpc) is 2.41. The molecule has 0 unspecified atom stereocenters. The maximum Gasteiger partial charge on any atom is 0.407 e. The number of nitrogens with one attached hydrogen (secondary N) is 1. The van der Waals surface area contributed by atoms with E-state index in [4.69, 9.17) is 14.6 Å². The summed E-state index contributed by atoms with van der Waals surface area (Å²) in [5, 5.41) is 11.2. The lowest BCUT2D eigenvalue weighted by Crippen LogP contribution is -2.28. The third kappa shape index (κ3) is 6.44. The van der Waals surface area contributed by atoms with Crippen molar-refractivity contribution in [1.82, 2.24) is 5.32 Å². The van der Waals surface area contributed by atoms with Crippen molar-refractivity contribution in [1.29, 1.82) is 0 Å². The van der Waals surface area contributed by atoms with E-state index in [0.29, 0.717) is 17.9 Å². The van der Waals surface area contributed by atoms with E-state index in [0.717, 1.165) is 0 Å². The first-order chi connectivity index (χ1) is 9.61. The van der Waals surface area contributed by atoms with Crippen LogP contribution in [0.3, 0.4) is 0 Å². The van der Waals surface area contributed by atoms with Crippen LogP contribution in [0.4, 0.5) is 4.79 Å². The van der Waals surface area contributed by atoms with Gasteiger partial charge in [0.05, 0.1) is 13.0 Å². The van der Waals surface area contributed by atoms with Gasteiger partial charge < -0.3 is 19.9 Å². The Balaban J connectivity index is 2.29. The van der Waals surface area contributed by atoms with Crippen LogP contribution in [0, 0.1) is 0 Å². The highest BCUT2D eigenvalue weighted by Crippen LogP contribution is 2.13. The van der Waals surface area contributed by atoms with Crippen LogP contribution in [0.2, 0.25) is 0 Å². The van der Waals surface area contributed by atoms with Crippen molar-refractivity contribution in [2.24, 2.45) is 0 Å². The molecule has 0 heterocycles. The number of carboxylic acid groups (broad SMARTS) is 1. The second-order valence-corrected chi connectivity index (χ2v) is 3.88. The largest absolute Gasteiger partial charge is 0.492 e. The molecule has 1 aromatic rings. The maximum absolute atomic E-state index is 11.1. The van der Waals surface area contributed by atoms with Crippen molar-refractivity contribution in [2.75, 3.05) is 19.8 Å². The van der Waals surface area contributed by atoms with Gasteiger partial charge in [0, 0.05) is 0 Å². The highest BCUT2D eigenvalue weighted by Gasteiger charge is 2.03. The molecule has 6 nitrogen and oxygen atoms in total. The fourth-order valence-corrected chi connectivity index (χ4v) is 1.43. The second kappa shape index (κ2) is 8.58. The number of carbonyl (C=O) groups excluding carboxylic acids is 1. The van der Waals surface area contributed by atoms with Crippen LogP contribution in [0.15, 0.2) is 36.9 Å². The van der Waals surface area contributed by atoms with Gasteiger partial charge in [-0.3, -0.25) is 4.79 Å². The van der Waals surface area contributed by atoms with Crippen molar-refractivity contribution in [3.8, 4) is 5.75 Å². The molecule has 1 rings (SSSR count). The summed E-state index contributed by atoms with van der Waals surface area (Å²) in [5.41, 5.74) is 0.661. The van der Waals surface area contributed by atoms with Crippen molar-refractivity contribution in [3.63, 3.8) is 0 Å². The molecule has 108 valence electrons. The van der Waals surface area contributed by atoms with Crippen LogP contribution in [-0.4, -0.2) is 36.9 Å². The Morgan fingerprint density at radius 1 is 1.40 bits per heavy atom. The van der Waals surface area contributed by atoms with Crippen LogP contribution < -0.4 is 10.1 Å². The third-order valence-corrected chi connectivity index (χ3v) is 2.23. The molecule has 0 aliphatic rings. The molecule has 0 saturated carbocycles. The van der Waals surface area contributed by atoms with Crippen molar-refractivity contribution in [3.05, 3.63) is 42.5 Å². The average molecular weight is 279 g/mol. The van der Waals surface area contributed by atoms with Gasteiger partial charge in [-0.2, -0.15) is 0 Å². The quantitative estimate of drug-likeness (QED) is 0.558. The minimum atomic E-state index is -0.895. The lowest BCUT2D eigenvalue weighted by Gasteiger charge is -2.08. The smallest absolute Gasteiger partial charge is 0.407 e. The molecule has 2 N–H and O–H groups in total. The third-order valence-electron chi connectivity index (χ3n) is 2.23. The van der Waals surface area contributed by atoms with Crippen molar-refractivity contribution >= 4 is 12.1 Å². The first-order valence-electron chi connectivity index (χ1n) is 6.07. The Hall–Kier alpha value is -2.50. The number of hydrogen-bond donors (Lipinski definition) is 2. The minimum absolute atomic E-state index is 0.0523. The van der Waals surface area contributed by atoms with E-state index in [9.17, 15) is 9.59 Å². The molecular formula is C14H17NO5. The molecule has 0 bridgehead atoms. The van der Waals surface area contributed by atoms with Crippen LogP contribution in [0.5, 0.6) is 5.75 Å². The predicted octanol–water partition coefficient (Wildman–Crippen LogP) is 1.60. The molecule has 0 atom stereocenters. The number of alkyl carbamates (subject to hydrolysis) is 1. The number of aliphatic carboxylic acids is 1. The number of carboxylic acids is 1. The van der Waals surface area contributed by atoms with E-state index in [1.807, 2.05) is 0 Å². The van der Waals surface area contributed by atoms with Crippen LogP contribution in [0.25, 0.3) is 0 Å². The summed E-state index contributed by atoms with van der Waals surface area (Å²) < 4.78 is 10.1. The van der Waals surface area contributed by atoms with E-state index in [1.54, 1.807) is 24.3 Å². The normalized spacial score (nSPS) is 9.60. The fourth-order valence-electron chi connectivity index (χ4n) is 1.43. The molecule has 0 saturated heterocycles. The number of hydrogen-bond acceptors (Lipinski definition) is 4. The van der Waals surface area contributed by atoms with Gasteiger partial charge in [-0.1, -0.05) is 24.8 Å². The summed E-state index contributed by atoms with van der Waals surface area (Å²) in [4.78, 5) is 21.7. The zero-order valence-corrected chi connectivity index (χ0v) is 11.0. The first-order valence-corrected chi connectivity index (χ1v) is 6.07. The molecule has 6 heteroatoms. The summed E-state index contributed by atoms with van der Waals surface area (Å²) in [7, 11) is 0. The Labute approximate surface area is 117 Å². The molecule has 0 spiro atoms. The highest BCUT2D eigenvalue weighted by molar-refractivity contribution is 5.70. The van der Waals surface area contributed by atoms with Gasteiger partial charge in [0.2, 0.25) is 0 Å². The summed E-state index contributed by atoms with van der Waals surface area (Å²) >= 11 is 0. The molecule has 0 aliphatic carbocycles. The molecule has 1 aromatic carbocycles. The van der Waals surface area contributed by atoms with Gasteiger partial charge in [-0.25, -0.2) is 4.79 Å². The topological polar surface area (TPSA) is 84.9 Å². The van der Waals surface area contributed by atoms with Crippen molar-refractivity contribution < 1.29 is 24.2 Å². The Morgan fingerprint density at radius 3 is 2.90 bits per heavy atom. The Morgan fingerprint density at radius 2 is 2.20 bits per heavy atom. The number of benzene rings is 1. The molecule has 1 amide bonds. The molecule has 0 aliphatic heterocycles. The predicted molar refractivity (Wildman–Crippen MR) is 72.8 cm³/mol. The fraction of sp³-hybridized carbons (Fsp3) is 0.286. The van der Waals surface area contributed by atoms with Gasteiger partial charge in [0.1, 0.15) is 19.0 Å². The van der Waals surface area contributed by atoms with Crippen molar-refractivity contribution in [2.45, 2.75) is 6.42 Å². The number of ether oxygens (including phenoxy) is 2. The summed E-state index contributed by atoms with van der Waals surface area (Å²) in [6, 6.07) is 6.82. The maximum atomic E-state index is 11.1. The Kier molecular flexibility index (Phi) is 6.67. The zero-order chi connectivity index (χ0) is 14.8. The summed E-state index contributed by atoms with van der Waals surface area (Å²) in [6.07, 6.45) is 0.890. The highest BCUT2D eigenvalue weighted by atomic mass is 16.5. The molecule has 0 radical (unpaired) electrons. The number of carbonyl (C=O) groups is 2. The van der Waals surface area contributed by atoms with Crippen LogP contribution in [0.1, 0.15) is 5.56 Å². The lowest BCUT2D eigenvalue weighted by molar-refractivity contribution is -0.136. The van der Waals surface area contributed by atoms with Crippen LogP contribution >= 0.6 is 0 Å². The van der Waals surface area contributed by atoms with Gasteiger partial charge in [0.25, 0.3) is 0 Å². The van der Waals surface area contributed by atoms with Gasteiger partial charge in [0.15, 0.2) is 0 Å². The van der Waals surface area contributed by atoms with Gasteiger partial charge >= 0.3 is 12.1 Å². The second-order valence-electron chi connectivity index (χ2n) is 3.88. The molecule has 0 fully saturated rings. The minimum Gasteiger partial charge on any atom is -0.492 e. The molecule has 20 heavy (non-hydrogen) atoms. The number of amides is 1.